The summed E-state index contributed by atoms with van der Waals surface area (Å²) in [6.45, 7) is 8.32. The molecule has 12 nitrogen and oxygen atoms in total. The van der Waals surface area contributed by atoms with E-state index in [0.29, 0.717) is 17.2 Å². The average molecular weight is 787 g/mol. The Labute approximate surface area is 326 Å². The molecule has 0 fully saturated rings. The van der Waals surface area contributed by atoms with Crippen LogP contribution in [-0.2, 0) is 40.6 Å². The highest BCUT2D eigenvalue weighted by Crippen LogP contribution is 2.34. The molecule has 0 aliphatic carbocycles. The molecular weight excluding hydrogens is 745 g/mol. The van der Waals surface area contributed by atoms with Crippen molar-refractivity contribution in [2.45, 2.75) is 43.9 Å². The summed E-state index contributed by atoms with van der Waals surface area (Å²) in [6, 6.07) is 20.8. The highest BCUT2D eigenvalue weighted by molar-refractivity contribution is 7.90. The lowest BCUT2D eigenvalue weighted by Crippen LogP contribution is -2.12. The smallest absolute Gasteiger partial charge is 0.269 e. The first-order valence-corrected chi connectivity index (χ1v) is 20.9. The SMILES string of the molecule is CC(C)=Cc1cnc2c(c1)c(-c1cnn(C)c1)cn2S(=O)(=O)c1ccccc1.CC(C)Cc1cnc2c(c1)c(-c1cnn(C)c1)cn2S(=O)(=O)c1ccccc1. The van der Waals surface area contributed by atoms with Gasteiger partial charge in [-0.15, -0.1) is 0 Å². The normalized spacial score (nSPS) is 11.9. The molecule has 0 atom stereocenters. The molecule has 0 N–H and O–H groups in total. The summed E-state index contributed by atoms with van der Waals surface area (Å²) in [5.41, 5.74) is 7.25. The predicted molar refractivity (Wildman–Crippen MR) is 220 cm³/mol. The highest BCUT2D eigenvalue weighted by Gasteiger charge is 2.25. The Balaban J connectivity index is 0.000000172. The van der Waals surface area contributed by atoms with Crippen LogP contribution < -0.4 is 0 Å². The Bertz CT molecular complexity index is 2940. The van der Waals surface area contributed by atoms with Crippen molar-refractivity contribution < 1.29 is 16.8 Å². The fraction of sp³-hybridized carbons (Fsp3) is 0.190. The summed E-state index contributed by atoms with van der Waals surface area (Å²) >= 11 is 0. The van der Waals surface area contributed by atoms with E-state index in [0.717, 1.165) is 56.1 Å². The molecule has 0 aliphatic heterocycles. The van der Waals surface area contributed by atoms with Gasteiger partial charge in [0.25, 0.3) is 20.0 Å². The summed E-state index contributed by atoms with van der Waals surface area (Å²) in [5, 5.41) is 10.0. The van der Waals surface area contributed by atoms with Gasteiger partial charge in [-0.1, -0.05) is 61.9 Å². The van der Waals surface area contributed by atoms with Crippen LogP contribution in [0.2, 0.25) is 0 Å². The third-order valence-electron chi connectivity index (χ3n) is 9.03. The Morgan fingerprint density at radius 3 is 1.54 bits per heavy atom. The van der Waals surface area contributed by atoms with Crippen molar-refractivity contribution in [2.24, 2.45) is 20.0 Å². The predicted octanol–water partition coefficient (Wildman–Crippen LogP) is 7.97. The number of fused-ring (bicyclic) bond motifs is 2. The first kappa shape index (κ1) is 38.2. The Hall–Kier alpha value is -6.12. The molecular formula is C42H42N8O4S2. The summed E-state index contributed by atoms with van der Waals surface area (Å²) in [6.07, 6.45) is 16.8. The number of pyridine rings is 2. The third kappa shape index (κ3) is 7.57. The third-order valence-corrected chi connectivity index (χ3v) is 12.4. The van der Waals surface area contributed by atoms with E-state index >= 15 is 0 Å². The maximum absolute atomic E-state index is 13.3. The van der Waals surface area contributed by atoms with Crippen molar-refractivity contribution in [3.8, 4) is 22.3 Å². The second-order valence-corrected chi connectivity index (χ2v) is 17.9. The topological polar surface area (TPSA) is 140 Å². The summed E-state index contributed by atoms with van der Waals surface area (Å²) < 4.78 is 59.0. The van der Waals surface area contributed by atoms with E-state index in [4.69, 9.17) is 0 Å². The van der Waals surface area contributed by atoms with Crippen LogP contribution in [-0.4, -0.2) is 54.3 Å². The monoisotopic (exact) mass is 786 g/mol. The fourth-order valence-corrected chi connectivity index (χ4v) is 9.26. The number of allylic oxidation sites excluding steroid dienone is 1. The second-order valence-electron chi connectivity index (χ2n) is 14.3. The van der Waals surface area contributed by atoms with E-state index in [9.17, 15) is 16.8 Å². The molecule has 0 unspecified atom stereocenters. The molecule has 6 heterocycles. The zero-order valence-corrected chi connectivity index (χ0v) is 33.6. The lowest BCUT2D eigenvalue weighted by Gasteiger charge is -2.08. The number of rotatable bonds is 9. The number of aromatic nitrogens is 8. The van der Waals surface area contributed by atoms with Gasteiger partial charge in [-0.2, -0.15) is 10.2 Å². The van der Waals surface area contributed by atoms with E-state index < -0.39 is 20.0 Å². The molecule has 8 aromatic rings. The van der Waals surface area contributed by atoms with E-state index in [2.05, 4.69) is 34.0 Å². The maximum atomic E-state index is 13.3. The van der Waals surface area contributed by atoms with Crippen molar-refractivity contribution >= 4 is 48.2 Å². The molecule has 0 radical (unpaired) electrons. The molecule has 0 bridgehead atoms. The Morgan fingerprint density at radius 2 is 1.11 bits per heavy atom. The van der Waals surface area contributed by atoms with Gasteiger partial charge in [-0.25, -0.2) is 34.7 Å². The van der Waals surface area contributed by atoms with Gasteiger partial charge >= 0.3 is 0 Å². The zero-order valence-electron chi connectivity index (χ0n) is 31.9. The number of aryl methyl sites for hydroxylation is 2. The minimum absolute atomic E-state index is 0.222. The van der Waals surface area contributed by atoms with Gasteiger partial charge in [0.15, 0.2) is 11.3 Å². The summed E-state index contributed by atoms with van der Waals surface area (Å²) in [4.78, 5) is 9.48. The maximum Gasteiger partial charge on any atom is 0.269 e. The molecule has 0 spiro atoms. The number of nitrogens with zero attached hydrogens (tertiary/aromatic N) is 8. The van der Waals surface area contributed by atoms with Crippen LogP contribution in [0.15, 0.2) is 138 Å². The van der Waals surface area contributed by atoms with Crippen LogP contribution in [0.3, 0.4) is 0 Å². The molecule has 6 aromatic heterocycles. The summed E-state index contributed by atoms with van der Waals surface area (Å²) in [7, 11) is -3.86. The number of benzene rings is 2. The van der Waals surface area contributed by atoms with Gasteiger partial charge in [-0.3, -0.25) is 9.36 Å². The standard InChI is InChI=1S/C21H22N4O2S.C21H20N4O2S/c2*1-15(2)9-16-10-19-20(17-12-23-24(3)13-17)14-25(21(19)22-11-16)28(26,27)18-7-5-4-6-8-18/h4-8,10-15H,9H2,1-3H3;4-14H,1-3H3. The van der Waals surface area contributed by atoms with Crippen LogP contribution >= 0.6 is 0 Å². The quantitative estimate of drug-likeness (QED) is 0.144. The molecule has 8 rings (SSSR count). The molecule has 0 aliphatic rings. The summed E-state index contributed by atoms with van der Waals surface area (Å²) in [5.74, 6) is 0.483. The lowest BCUT2D eigenvalue weighted by molar-refractivity contribution is 0.587. The van der Waals surface area contributed by atoms with Crippen molar-refractivity contribution in [1.29, 1.82) is 0 Å². The first-order chi connectivity index (χ1) is 26.7. The van der Waals surface area contributed by atoms with Crippen molar-refractivity contribution in [3.63, 3.8) is 0 Å². The number of hydrogen-bond donors (Lipinski definition) is 0. The van der Waals surface area contributed by atoms with Gasteiger partial charge < -0.3 is 0 Å². The van der Waals surface area contributed by atoms with Crippen molar-refractivity contribution in [1.82, 2.24) is 37.5 Å². The molecule has 0 amide bonds. The van der Waals surface area contributed by atoms with Crippen LogP contribution in [0.4, 0.5) is 0 Å². The van der Waals surface area contributed by atoms with Crippen LogP contribution in [0.5, 0.6) is 0 Å². The second kappa shape index (κ2) is 15.2. The van der Waals surface area contributed by atoms with Crippen LogP contribution in [0, 0.1) is 5.92 Å². The van der Waals surface area contributed by atoms with Crippen molar-refractivity contribution in [2.75, 3.05) is 0 Å². The van der Waals surface area contributed by atoms with E-state index in [-0.39, 0.29) is 9.79 Å². The minimum atomic E-state index is -3.77. The number of hydrogen-bond acceptors (Lipinski definition) is 8. The Morgan fingerprint density at radius 1 is 0.643 bits per heavy atom. The fourth-order valence-electron chi connectivity index (χ4n) is 6.57. The molecule has 286 valence electrons. The zero-order chi connectivity index (χ0) is 39.8. The highest BCUT2D eigenvalue weighted by atomic mass is 32.2. The molecule has 0 saturated heterocycles. The van der Waals surface area contributed by atoms with Crippen LogP contribution in [0.1, 0.15) is 38.8 Å². The van der Waals surface area contributed by atoms with E-state index in [1.54, 1.807) is 107 Å². The van der Waals surface area contributed by atoms with E-state index in [1.165, 1.54) is 7.94 Å². The first-order valence-electron chi connectivity index (χ1n) is 18.0. The Kier molecular flexibility index (Phi) is 10.4. The molecule has 56 heavy (non-hydrogen) atoms. The molecule has 0 saturated carbocycles. The van der Waals surface area contributed by atoms with Crippen LogP contribution in [0.25, 0.3) is 50.4 Å². The van der Waals surface area contributed by atoms with Gasteiger partial charge in [-0.05, 0) is 73.7 Å². The molecule has 14 heteroatoms. The largest absolute Gasteiger partial charge is 0.275 e. The van der Waals surface area contributed by atoms with E-state index in [1.807, 2.05) is 58.5 Å². The van der Waals surface area contributed by atoms with Gasteiger partial charge in [0, 0.05) is 84.3 Å². The minimum Gasteiger partial charge on any atom is -0.275 e. The average Bonchev–Trinajstić information content (AvgIpc) is 3.97. The van der Waals surface area contributed by atoms with Gasteiger partial charge in [0.1, 0.15) is 0 Å². The van der Waals surface area contributed by atoms with Gasteiger partial charge in [0.05, 0.1) is 22.2 Å². The van der Waals surface area contributed by atoms with Crippen molar-refractivity contribution in [3.05, 3.63) is 139 Å². The lowest BCUT2D eigenvalue weighted by atomic mass is 10.0. The molecule has 2 aromatic carbocycles. The van der Waals surface area contributed by atoms with Gasteiger partial charge in [0.2, 0.25) is 0 Å².